The molecular weight excluding hydrogens is 324 g/mol. The molecule has 1 fully saturated rings. The minimum Gasteiger partial charge on any atom is -0.272 e. The smallest absolute Gasteiger partial charge is 0.246 e. The summed E-state index contributed by atoms with van der Waals surface area (Å²) in [5.74, 6) is -0.660. The van der Waals surface area contributed by atoms with Crippen LogP contribution in [0.15, 0.2) is 35.4 Å². The fraction of sp³-hybridized carbons (Fsp3) is 0.400. The second-order valence-corrected chi connectivity index (χ2v) is 7.66. The van der Waals surface area contributed by atoms with E-state index in [9.17, 15) is 12.8 Å². The molecule has 1 saturated heterocycles. The molecule has 124 valence electrons. The maximum Gasteiger partial charge on any atom is 0.246 e. The first-order valence-corrected chi connectivity index (χ1v) is 8.62. The van der Waals surface area contributed by atoms with Crippen LogP contribution in [-0.4, -0.2) is 35.6 Å². The third-order valence-electron chi connectivity index (χ3n) is 4.35. The van der Waals surface area contributed by atoms with Gasteiger partial charge in [-0.2, -0.15) is 9.40 Å². The van der Waals surface area contributed by atoms with Crippen molar-refractivity contribution in [2.24, 2.45) is 7.05 Å². The molecule has 0 radical (unpaired) electrons. The third-order valence-corrected chi connectivity index (χ3v) is 6.30. The number of nitrogens with zero attached hydrogens (tertiary/aromatic N) is 3. The average molecular weight is 341 g/mol. The number of benzene rings is 1. The van der Waals surface area contributed by atoms with Crippen molar-refractivity contribution >= 4 is 10.0 Å². The molecule has 0 unspecified atom stereocenters. The van der Waals surface area contributed by atoms with Crippen LogP contribution >= 0.6 is 0 Å². The number of alkyl halides is 1. The molecule has 8 heteroatoms. The van der Waals surface area contributed by atoms with Crippen LogP contribution in [0.4, 0.5) is 8.78 Å². The van der Waals surface area contributed by atoms with Crippen molar-refractivity contribution in [3.05, 3.63) is 47.5 Å². The van der Waals surface area contributed by atoms with Crippen LogP contribution in [-0.2, 0) is 22.7 Å². The van der Waals surface area contributed by atoms with Gasteiger partial charge in [0.2, 0.25) is 10.0 Å². The zero-order valence-electron chi connectivity index (χ0n) is 12.8. The second-order valence-electron chi connectivity index (χ2n) is 5.75. The van der Waals surface area contributed by atoms with Crippen LogP contribution in [0.25, 0.3) is 0 Å². The fourth-order valence-corrected chi connectivity index (χ4v) is 4.53. The number of hydrogen-bond acceptors (Lipinski definition) is 3. The van der Waals surface area contributed by atoms with Gasteiger partial charge in [-0.3, -0.25) is 4.68 Å². The lowest BCUT2D eigenvalue weighted by Gasteiger charge is -2.21. The minimum absolute atomic E-state index is 0.00149. The molecule has 5 nitrogen and oxygen atoms in total. The summed E-state index contributed by atoms with van der Waals surface area (Å²) >= 11 is 0. The van der Waals surface area contributed by atoms with E-state index in [1.807, 2.05) is 0 Å². The summed E-state index contributed by atoms with van der Waals surface area (Å²) in [6.07, 6.45) is 1.18. The molecule has 1 aliphatic heterocycles. The molecule has 0 aliphatic carbocycles. The molecule has 2 aromatic rings. The molecule has 0 spiro atoms. The maximum absolute atomic E-state index is 15.1. The van der Waals surface area contributed by atoms with Crippen LogP contribution in [0.3, 0.4) is 0 Å². The number of hydrogen-bond donors (Lipinski definition) is 0. The van der Waals surface area contributed by atoms with Crippen molar-refractivity contribution in [1.29, 1.82) is 0 Å². The molecule has 23 heavy (non-hydrogen) atoms. The molecule has 1 aliphatic rings. The summed E-state index contributed by atoms with van der Waals surface area (Å²) in [4.78, 5) is 0.0535. The van der Waals surface area contributed by atoms with Gasteiger partial charge in [0, 0.05) is 25.6 Å². The molecule has 1 atom stereocenters. The Morgan fingerprint density at radius 3 is 2.61 bits per heavy atom. The Kier molecular flexibility index (Phi) is 3.76. The summed E-state index contributed by atoms with van der Waals surface area (Å²) < 4.78 is 56.9. The first-order valence-electron chi connectivity index (χ1n) is 7.18. The third kappa shape index (κ3) is 2.55. The topological polar surface area (TPSA) is 55.2 Å². The Balaban J connectivity index is 1.93. The lowest BCUT2D eigenvalue weighted by molar-refractivity contribution is 0.177. The molecule has 1 aromatic carbocycles. The number of aryl methyl sites for hydroxylation is 1. The first kappa shape index (κ1) is 16.1. The van der Waals surface area contributed by atoms with Gasteiger partial charge in [0.05, 0.1) is 18.4 Å². The number of sulfonamides is 1. The van der Waals surface area contributed by atoms with Gasteiger partial charge in [0.15, 0.2) is 5.67 Å². The van der Waals surface area contributed by atoms with E-state index in [0.717, 1.165) is 4.31 Å². The van der Waals surface area contributed by atoms with E-state index in [4.69, 9.17) is 0 Å². The number of rotatable bonds is 3. The summed E-state index contributed by atoms with van der Waals surface area (Å²) in [5.41, 5.74) is -1.64. The average Bonchev–Trinajstić information content (AvgIpc) is 3.05. The maximum atomic E-state index is 15.1. The lowest BCUT2D eigenvalue weighted by atomic mass is 9.94. The first-order chi connectivity index (χ1) is 10.8. The van der Waals surface area contributed by atoms with E-state index in [1.165, 1.54) is 29.1 Å². The Bertz CT molecular complexity index is 850. The standard InChI is InChI=1S/C15H17F2N3O2S/c1-11-14(9-18-19(11)2)23(21,22)20-8-7-15(17,10-20)12-5-3-4-6-13(12)16/h3-6,9H,7-8,10H2,1-2H3/t15-/m1/s1. The van der Waals surface area contributed by atoms with Gasteiger partial charge >= 0.3 is 0 Å². The number of halogens is 2. The SMILES string of the molecule is Cc1c(S(=O)(=O)N2CC[C@](F)(c3ccccc3F)C2)cnn1C. The van der Waals surface area contributed by atoms with Crippen molar-refractivity contribution in [2.75, 3.05) is 13.1 Å². The Morgan fingerprint density at radius 1 is 1.30 bits per heavy atom. The fourth-order valence-electron chi connectivity index (χ4n) is 2.86. The summed E-state index contributed by atoms with van der Waals surface area (Å²) in [7, 11) is -2.22. The van der Waals surface area contributed by atoms with Crippen molar-refractivity contribution in [1.82, 2.24) is 14.1 Å². The van der Waals surface area contributed by atoms with E-state index in [1.54, 1.807) is 20.0 Å². The van der Waals surface area contributed by atoms with Gasteiger partial charge < -0.3 is 0 Å². The van der Waals surface area contributed by atoms with E-state index in [-0.39, 0.29) is 23.4 Å². The van der Waals surface area contributed by atoms with Crippen LogP contribution in [0.5, 0.6) is 0 Å². The van der Waals surface area contributed by atoms with Gasteiger partial charge in [-0.15, -0.1) is 0 Å². The Morgan fingerprint density at radius 2 is 2.00 bits per heavy atom. The Hall–Kier alpha value is -1.80. The number of aromatic nitrogens is 2. The van der Waals surface area contributed by atoms with E-state index in [2.05, 4.69) is 5.10 Å². The van der Waals surface area contributed by atoms with E-state index < -0.39 is 28.1 Å². The van der Waals surface area contributed by atoms with Crippen LogP contribution in [0.2, 0.25) is 0 Å². The van der Waals surface area contributed by atoms with Gasteiger partial charge in [-0.1, -0.05) is 18.2 Å². The summed E-state index contributed by atoms with van der Waals surface area (Å²) in [6, 6.07) is 5.56. The monoisotopic (exact) mass is 341 g/mol. The summed E-state index contributed by atoms with van der Waals surface area (Å²) in [6.45, 7) is 1.24. The quantitative estimate of drug-likeness (QED) is 0.859. The van der Waals surface area contributed by atoms with Crippen LogP contribution in [0.1, 0.15) is 17.7 Å². The van der Waals surface area contributed by atoms with Gasteiger partial charge in [0.25, 0.3) is 0 Å². The zero-order chi connectivity index (χ0) is 16.8. The van der Waals surface area contributed by atoms with Crippen molar-refractivity contribution in [3.8, 4) is 0 Å². The molecule has 1 aromatic heterocycles. The van der Waals surface area contributed by atoms with Crippen LogP contribution < -0.4 is 0 Å². The predicted molar refractivity (Wildman–Crippen MR) is 80.5 cm³/mol. The highest BCUT2D eigenvalue weighted by Gasteiger charge is 2.46. The highest BCUT2D eigenvalue weighted by Crippen LogP contribution is 2.39. The van der Waals surface area contributed by atoms with Gasteiger partial charge in [0.1, 0.15) is 10.7 Å². The molecular formula is C15H17F2N3O2S. The normalized spacial score (nSPS) is 22.6. The predicted octanol–water partition coefficient (Wildman–Crippen LogP) is 2.13. The zero-order valence-corrected chi connectivity index (χ0v) is 13.6. The highest BCUT2D eigenvalue weighted by atomic mass is 32.2. The lowest BCUT2D eigenvalue weighted by Crippen LogP contribution is -2.33. The van der Waals surface area contributed by atoms with Gasteiger partial charge in [-0.25, -0.2) is 17.2 Å². The molecule has 3 rings (SSSR count). The summed E-state index contributed by atoms with van der Waals surface area (Å²) in [5, 5.41) is 3.92. The van der Waals surface area contributed by atoms with Crippen molar-refractivity contribution in [2.45, 2.75) is 23.9 Å². The molecule has 0 amide bonds. The molecule has 0 saturated carbocycles. The second kappa shape index (κ2) is 5.38. The van der Waals surface area contributed by atoms with E-state index >= 15 is 4.39 Å². The highest BCUT2D eigenvalue weighted by molar-refractivity contribution is 7.89. The van der Waals surface area contributed by atoms with Gasteiger partial charge in [-0.05, 0) is 13.0 Å². The molecule has 0 bridgehead atoms. The van der Waals surface area contributed by atoms with E-state index in [0.29, 0.717) is 5.69 Å². The molecule has 0 N–H and O–H groups in total. The Labute approximate surface area is 133 Å². The largest absolute Gasteiger partial charge is 0.272 e. The molecule has 2 heterocycles. The van der Waals surface area contributed by atoms with Crippen LogP contribution in [0, 0.1) is 12.7 Å². The minimum atomic E-state index is -3.85. The van der Waals surface area contributed by atoms with Crippen molar-refractivity contribution in [3.63, 3.8) is 0 Å². The van der Waals surface area contributed by atoms with Crippen molar-refractivity contribution < 1.29 is 17.2 Å².